The fraction of sp³-hybridized carbons (Fsp3) is 0.538. The quantitative estimate of drug-likeness (QED) is 0.798. The van der Waals surface area contributed by atoms with Crippen molar-refractivity contribution in [3.05, 3.63) is 35.9 Å². The third-order valence-electron chi connectivity index (χ3n) is 3.28. The van der Waals surface area contributed by atoms with Gasteiger partial charge in [0.2, 0.25) is 0 Å². The van der Waals surface area contributed by atoms with Crippen molar-refractivity contribution in [3.8, 4) is 0 Å². The standard InChI is InChI=1S/C13H20N2/c1-11-7-8-13(14)10-15(11)9-12-5-3-2-4-6-12/h2-6,11,13H,7-10,14H2,1H3/t11-,13+/m1/s1. The lowest BCUT2D eigenvalue weighted by molar-refractivity contribution is 0.138. The highest BCUT2D eigenvalue weighted by Gasteiger charge is 2.22. The van der Waals surface area contributed by atoms with Crippen LogP contribution in [0.5, 0.6) is 0 Å². The lowest BCUT2D eigenvalue weighted by Gasteiger charge is -2.36. The van der Waals surface area contributed by atoms with Gasteiger partial charge in [0, 0.05) is 25.2 Å². The summed E-state index contributed by atoms with van der Waals surface area (Å²) >= 11 is 0. The molecule has 2 N–H and O–H groups in total. The molecule has 0 radical (unpaired) electrons. The Balaban J connectivity index is 1.98. The Bertz CT molecular complexity index is 297. The van der Waals surface area contributed by atoms with Crippen LogP contribution in [-0.4, -0.2) is 23.5 Å². The van der Waals surface area contributed by atoms with Gasteiger partial charge in [0.25, 0.3) is 0 Å². The van der Waals surface area contributed by atoms with Gasteiger partial charge in [0.15, 0.2) is 0 Å². The molecule has 1 heterocycles. The van der Waals surface area contributed by atoms with Crippen LogP contribution in [0.1, 0.15) is 25.3 Å². The summed E-state index contributed by atoms with van der Waals surface area (Å²) < 4.78 is 0. The molecule has 0 saturated carbocycles. The average Bonchev–Trinajstić information content (AvgIpc) is 2.25. The van der Waals surface area contributed by atoms with Gasteiger partial charge in [0.05, 0.1) is 0 Å². The lowest BCUT2D eigenvalue weighted by atomic mass is 9.99. The largest absolute Gasteiger partial charge is 0.327 e. The molecular weight excluding hydrogens is 184 g/mol. The van der Waals surface area contributed by atoms with Crippen LogP contribution in [0.3, 0.4) is 0 Å². The molecule has 1 aliphatic heterocycles. The maximum absolute atomic E-state index is 6.00. The van der Waals surface area contributed by atoms with Gasteiger partial charge in [-0.25, -0.2) is 0 Å². The molecular formula is C13H20N2. The van der Waals surface area contributed by atoms with E-state index in [2.05, 4.69) is 42.2 Å². The minimum Gasteiger partial charge on any atom is -0.327 e. The highest BCUT2D eigenvalue weighted by Crippen LogP contribution is 2.18. The maximum Gasteiger partial charge on any atom is 0.0237 e. The molecule has 0 amide bonds. The number of piperidine rings is 1. The average molecular weight is 204 g/mol. The zero-order valence-corrected chi connectivity index (χ0v) is 9.39. The molecule has 0 aromatic heterocycles. The van der Waals surface area contributed by atoms with E-state index in [0.29, 0.717) is 12.1 Å². The molecule has 0 bridgehead atoms. The van der Waals surface area contributed by atoms with E-state index < -0.39 is 0 Å². The number of likely N-dealkylation sites (tertiary alicyclic amines) is 1. The monoisotopic (exact) mass is 204 g/mol. The Labute approximate surface area is 92.1 Å². The van der Waals surface area contributed by atoms with Gasteiger partial charge in [-0.15, -0.1) is 0 Å². The van der Waals surface area contributed by atoms with Gasteiger partial charge in [-0.2, -0.15) is 0 Å². The number of rotatable bonds is 2. The summed E-state index contributed by atoms with van der Waals surface area (Å²) in [5.74, 6) is 0. The number of nitrogens with two attached hydrogens (primary N) is 1. The van der Waals surface area contributed by atoms with Gasteiger partial charge in [-0.1, -0.05) is 30.3 Å². The van der Waals surface area contributed by atoms with E-state index in [-0.39, 0.29) is 0 Å². The molecule has 1 fully saturated rings. The molecule has 2 rings (SSSR count). The zero-order chi connectivity index (χ0) is 10.7. The van der Waals surface area contributed by atoms with Crippen molar-refractivity contribution in [2.75, 3.05) is 6.54 Å². The summed E-state index contributed by atoms with van der Waals surface area (Å²) in [7, 11) is 0. The highest BCUT2D eigenvalue weighted by atomic mass is 15.2. The second kappa shape index (κ2) is 4.77. The first-order valence-electron chi connectivity index (χ1n) is 5.79. The van der Waals surface area contributed by atoms with E-state index in [1.807, 2.05) is 0 Å². The van der Waals surface area contributed by atoms with Crippen LogP contribution in [0.2, 0.25) is 0 Å². The Morgan fingerprint density at radius 2 is 2.00 bits per heavy atom. The van der Waals surface area contributed by atoms with Crippen LogP contribution in [0.25, 0.3) is 0 Å². The van der Waals surface area contributed by atoms with Crippen LogP contribution in [0.4, 0.5) is 0 Å². The summed E-state index contributed by atoms with van der Waals surface area (Å²) in [4.78, 5) is 2.49. The van der Waals surface area contributed by atoms with Crippen molar-refractivity contribution in [2.24, 2.45) is 5.73 Å². The van der Waals surface area contributed by atoms with Crippen molar-refractivity contribution in [3.63, 3.8) is 0 Å². The molecule has 82 valence electrons. The Kier molecular flexibility index (Phi) is 3.39. The molecule has 15 heavy (non-hydrogen) atoms. The molecule has 0 aliphatic carbocycles. The minimum absolute atomic E-state index is 0.366. The number of hydrogen-bond acceptors (Lipinski definition) is 2. The lowest BCUT2D eigenvalue weighted by Crippen LogP contribution is -2.46. The number of hydrogen-bond donors (Lipinski definition) is 1. The van der Waals surface area contributed by atoms with E-state index in [4.69, 9.17) is 5.73 Å². The van der Waals surface area contributed by atoms with Crippen LogP contribution < -0.4 is 5.73 Å². The van der Waals surface area contributed by atoms with Gasteiger partial charge < -0.3 is 5.73 Å². The molecule has 0 unspecified atom stereocenters. The number of benzene rings is 1. The van der Waals surface area contributed by atoms with Crippen molar-refractivity contribution in [2.45, 2.75) is 38.4 Å². The normalized spacial score (nSPS) is 27.9. The first kappa shape index (κ1) is 10.7. The predicted octanol–water partition coefficient (Wildman–Crippen LogP) is 2.00. The smallest absolute Gasteiger partial charge is 0.0237 e. The third-order valence-corrected chi connectivity index (χ3v) is 3.28. The van der Waals surface area contributed by atoms with Crippen LogP contribution >= 0.6 is 0 Å². The second-order valence-corrected chi connectivity index (χ2v) is 4.60. The van der Waals surface area contributed by atoms with Crippen molar-refractivity contribution < 1.29 is 0 Å². The fourth-order valence-corrected chi connectivity index (χ4v) is 2.25. The SMILES string of the molecule is C[C@@H]1CC[C@H](N)CN1Cc1ccccc1. The molecule has 2 atom stereocenters. The topological polar surface area (TPSA) is 29.3 Å². The van der Waals surface area contributed by atoms with Crippen molar-refractivity contribution in [1.82, 2.24) is 4.90 Å². The molecule has 2 nitrogen and oxygen atoms in total. The summed E-state index contributed by atoms with van der Waals surface area (Å²) in [6.07, 6.45) is 2.40. The molecule has 1 aliphatic rings. The summed E-state index contributed by atoms with van der Waals surface area (Å²) in [5, 5.41) is 0. The highest BCUT2D eigenvalue weighted by molar-refractivity contribution is 5.14. The van der Waals surface area contributed by atoms with Gasteiger partial charge in [-0.05, 0) is 25.3 Å². The summed E-state index contributed by atoms with van der Waals surface area (Å²) in [5.41, 5.74) is 7.39. The van der Waals surface area contributed by atoms with E-state index in [0.717, 1.165) is 13.1 Å². The molecule has 1 saturated heterocycles. The maximum atomic E-state index is 6.00. The van der Waals surface area contributed by atoms with Crippen LogP contribution in [0, 0.1) is 0 Å². The van der Waals surface area contributed by atoms with Crippen molar-refractivity contribution >= 4 is 0 Å². The van der Waals surface area contributed by atoms with Crippen molar-refractivity contribution in [1.29, 1.82) is 0 Å². The van der Waals surface area contributed by atoms with E-state index in [1.165, 1.54) is 18.4 Å². The minimum atomic E-state index is 0.366. The second-order valence-electron chi connectivity index (χ2n) is 4.60. The van der Waals surface area contributed by atoms with Gasteiger partial charge >= 0.3 is 0 Å². The number of nitrogens with zero attached hydrogens (tertiary/aromatic N) is 1. The Hall–Kier alpha value is -0.860. The Morgan fingerprint density at radius 1 is 1.27 bits per heavy atom. The van der Waals surface area contributed by atoms with E-state index in [1.54, 1.807) is 0 Å². The fourth-order valence-electron chi connectivity index (χ4n) is 2.25. The zero-order valence-electron chi connectivity index (χ0n) is 9.39. The molecule has 0 spiro atoms. The first-order valence-corrected chi connectivity index (χ1v) is 5.79. The predicted molar refractivity (Wildman–Crippen MR) is 63.5 cm³/mol. The van der Waals surface area contributed by atoms with E-state index >= 15 is 0 Å². The van der Waals surface area contributed by atoms with E-state index in [9.17, 15) is 0 Å². The van der Waals surface area contributed by atoms with Gasteiger partial charge in [0.1, 0.15) is 0 Å². The summed E-state index contributed by atoms with van der Waals surface area (Å²) in [6, 6.07) is 11.7. The van der Waals surface area contributed by atoms with Crippen LogP contribution in [-0.2, 0) is 6.54 Å². The molecule has 2 heteroatoms. The molecule has 1 aromatic rings. The Morgan fingerprint density at radius 3 is 2.73 bits per heavy atom. The summed E-state index contributed by atoms with van der Waals surface area (Å²) in [6.45, 7) is 4.38. The van der Waals surface area contributed by atoms with Gasteiger partial charge in [-0.3, -0.25) is 4.90 Å². The molecule has 1 aromatic carbocycles. The third kappa shape index (κ3) is 2.80. The first-order chi connectivity index (χ1) is 7.25. The van der Waals surface area contributed by atoms with Crippen LogP contribution in [0.15, 0.2) is 30.3 Å².